The van der Waals surface area contributed by atoms with Crippen LogP contribution in [0.15, 0.2) is 79.3 Å². The lowest BCUT2D eigenvalue weighted by molar-refractivity contribution is 0.248. The molecule has 0 radical (unpaired) electrons. The molecule has 2 aromatic heterocycles. The molecule has 0 N–H and O–H groups in total. The molecule has 4 rings (SSSR count). The van der Waals surface area contributed by atoms with Gasteiger partial charge in [-0.15, -0.1) is 0 Å². The lowest BCUT2D eigenvalue weighted by Crippen LogP contribution is -2.22. The molecule has 29 heavy (non-hydrogen) atoms. The van der Waals surface area contributed by atoms with Crippen LogP contribution in [0.25, 0.3) is 10.9 Å². The molecule has 0 amide bonds. The van der Waals surface area contributed by atoms with Crippen molar-refractivity contribution in [1.82, 2.24) is 14.9 Å². The van der Waals surface area contributed by atoms with Crippen LogP contribution in [0.5, 0.6) is 5.75 Å². The van der Waals surface area contributed by atoms with Crippen molar-refractivity contribution in [2.75, 3.05) is 7.11 Å². The largest absolute Gasteiger partial charge is 0.497 e. The molecule has 0 fully saturated rings. The van der Waals surface area contributed by atoms with E-state index >= 15 is 0 Å². The van der Waals surface area contributed by atoms with E-state index in [0.29, 0.717) is 0 Å². The summed E-state index contributed by atoms with van der Waals surface area (Å²) < 4.78 is 5.28. The van der Waals surface area contributed by atoms with Crippen LogP contribution < -0.4 is 4.74 Å². The second kappa shape index (κ2) is 9.03. The first-order chi connectivity index (χ1) is 14.2. The molecule has 4 aromatic rings. The number of halogens is 1. The minimum atomic E-state index is 0.725. The molecule has 0 bridgehead atoms. The standard InChI is InChI=1S/C24H22ClN3O/c1-29-22-5-2-18(3-6-22)15-28(16-19-8-11-26-12-9-19)17-20-10-13-27-24-7-4-21(25)14-23(20)24/h2-14H,15-17H2,1H3. The maximum Gasteiger partial charge on any atom is 0.118 e. The van der Waals surface area contributed by atoms with E-state index in [1.54, 1.807) is 7.11 Å². The predicted octanol–water partition coefficient (Wildman–Crippen LogP) is 5.49. The fraction of sp³-hybridized carbons (Fsp3) is 0.167. The summed E-state index contributed by atoms with van der Waals surface area (Å²) in [5, 5.41) is 1.82. The molecular weight excluding hydrogens is 382 g/mol. The highest BCUT2D eigenvalue weighted by Gasteiger charge is 2.12. The lowest BCUT2D eigenvalue weighted by Gasteiger charge is -2.23. The van der Waals surface area contributed by atoms with Crippen LogP contribution in [0.3, 0.4) is 0 Å². The van der Waals surface area contributed by atoms with Gasteiger partial charge in [-0.05, 0) is 65.2 Å². The Morgan fingerprint density at radius 2 is 1.55 bits per heavy atom. The van der Waals surface area contributed by atoms with Gasteiger partial charge in [0.25, 0.3) is 0 Å². The third-order valence-electron chi connectivity index (χ3n) is 4.91. The summed E-state index contributed by atoms with van der Waals surface area (Å²) in [6.45, 7) is 2.42. The minimum Gasteiger partial charge on any atom is -0.497 e. The van der Waals surface area contributed by atoms with Crippen LogP contribution in [0.2, 0.25) is 5.02 Å². The Labute approximate surface area is 175 Å². The zero-order valence-corrected chi connectivity index (χ0v) is 17.0. The van der Waals surface area contributed by atoms with Crippen molar-refractivity contribution in [1.29, 1.82) is 0 Å². The number of pyridine rings is 2. The zero-order chi connectivity index (χ0) is 20.1. The summed E-state index contributed by atoms with van der Waals surface area (Å²) in [6.07, 6.45) is 5.54. The van der Waals surface area contributed by atoms with Crippen molar-refractivity contribution in [2.45, 2.75) is 19.6 Å². The van der Waals surface area contributed by atoms with Gasteiger partial charge in [0.1, 0.15) is 5.75 Å². The fourth-order valence-corrected chi connectivity index (χ4v) is 3.63. The summed E-state index contributed by atoms with van der Waals surface area (Å²) in [5.41, 5.74) is 4.63. The van der Waals surface area contributed by atoms with Gasteiger partial charge >= 0.3 is 0 Å². The number of nitrogens with zero attached hydrogens (tertiary/aromatic N) is 3. The molecule has 2 aromatic carbocycles. The van der Waals surface area contributed by atoms with Crippen molar-refractivity contribution in [3.8, 4) is 5.75 Å². The van der Waals surface area contributed by atoms with Crippen molar-refractivity contribution >= 4 is 22.5 Å². The van der Waals surface area contributed by atoms with Crippen molar-refractivity contribution in [3.63, 3.8) is 0 Å². The van der Waals surface area contributed by atoms with E-state index in [1.165, 1.54) is 16.7 Å². The van der Waals surface area contributed by atoms with Gasteiger partial charge < -0.3 is 4.74 Å². The van der Waals surface area contributed by atoms with Gasteiger partial charge in [0.05, 0.1) is 12.6 Å². The predicted molar refractivity (Wildman–Crippen MR) is 117 cm³/mol. The van der Waals surface area contributed by atoms with E-state index in [0.717, 1.165) is 41.3 Å². The summed E-state index contributed by atoms with van der Waals surface area (Å²) in [4.78, 5) is 11.0. The van der Waals surface area contributed by atoms with Crippen LogP contribution in [0.1, 0.15) is 16.7 Å². The van der Waals surface area contributed by atoms with Gasteiger partial charge in [-0.25, -0.2) is 0 Å². The molecule has 0 atom stereocenters. The summed E-state index contributed by atoms with van der Waals surface area (Å²) in [6, 6.07) is 20.3. The fourth-order valence-electron chi connectivity index (χ4n) is 3.46. The Bertz CT molecular complexity index is 1080. The first-order valence-corrected chi connectivity index (χ1v) is 9.86. The van der Waals surface area contributed by atoms with Gasteiger partial charge in [0.15, 0.2) is 0 Å². The van der Waals surface area contributed by atoms with Crippen LogP contribution in [-0.4, -0.2) is 22.0 Å². The number of rotatable bonds is 7. The highest BCUT2D eigenvalue weighted by atomic mass is 35.5. The maximum atomic E-state index is 6.26. The second-order valence-electron chi connectivity index (χ2n) is 6.98. The van der Waals surface area contributed by atoms with Crippen LogP contribution in [0.4, 0.5) is 0 Å². The van der Waals surface area contributed by atoms with Crippen LogP contribution in [-0.2, 0) is 19.6 Å². The van der Waals surface area contributed by atoms with Crippen molar-refractivity contribution in [2.24, 2.45) is 0 Å². The average molecular weight is 404 g/mol. The molecule has 0 saturated carbocycles. The van der Waals surface area contributed by atoms with Crippen LogP contribution in [0, 0.1) is 0 Å². The Kier molecular flexibility index (Phi) is 6.03. The number of aromatic nitrogens is 2. The van der Waals surface area contributed by atoms with Crippen molar-refractivity contribution < 1.29 is 4.74 Å². The maximum absolute atomic E-state index is 6.26. The zero-order valence-electron chi connectivity index (χ0n) is 16.3. The van der Waals surface area contributed by atoms with E-state index in [9.17, 15) is 0 Å². The smallest absolute Gasteiger partial charge is 0.118 e. The molecular formula is C24H22ClN3O. The third-order valence-corrected chi connectivity index (χ3v) is 5.14. The van der Waals surface area contributed by atoms with Gasteiger partial charge in [-0.2, -0.15) is 0 Å². The van der Waals surface area contributed by atoms with E-state index in [4.69, 9.17) is 16.3 Å². The topological polar surface area (TPSA) is 38.2 Å². The monoisotopic (exact) mass is 403 g/mol. The number of methoxy groups -OCH3 is 1. The van der Waals surface area contributed by atoms with E-state index < -0.39 is 0 Å². The Morgan fingerprint density at radius 3 is 2.28 bits per heavy atom. The SMILES string of the molecule is COc1ccc(CN(Cc2ccncc2)Cc2ccnc3ccc(Cl)cc23)cc1. The molecule has 0 aliphatic heterocycles. The third kappa shape index (κ3) is 4.91. The molecule has 0 aliphatic carbocycles. The summed E-state index contributed by atoms with van der Waals surface area (Å²) in [7, 11) is 1.68. The molecule has 0 unspecified atom stereocenters. The van der Waals surface area contributed by atoms with Gasteiger partial charge in [-0.3, -0.25) is 14.9 Å². The van der Waals surface area contributed by atoms with Gasteiger partial charge in [0.2, 0.25) is 0 Å². The van der Waals surface area contributed by atoms with E-state index in [2.05, 4.69) is 45.2 Å². The number of fused-ring (bicyclic) bond motifs is 1. The number of hydrogen-bond donors (Lipinski definition) is 0. The van der Waals surface area contributed by atoms with Gasteiger partial charge in [0, 0.05) is 48.6 Å². The van der Waals surface area contributed by atoms with Gasteiger partial charge in [-0.1, -0.05) is 23.7 Å². The molecule has 5 heteroatoms. The first-order valence-electron chi connectivity index (χ1n) is 9.48. The minimum absolute atomic E-state index is 0.725. The van der Waals surface area contributed by atoms with E-state index in [-0.39, 0.29) is 0 Å². The Balaban J connectivity index is 1.63. The van der Waals surface area contributed by atoms with E-state index in [1.807, 2.05) is 48.9 Å². The Hall–Kier alpha value is -2.95. The molecule has 0 saturated heterocycles. The molecule has 146 valence electrons. The molecule has 0 spiro atoms. The highest BCUT2D eigenvalue weighted by Crippen LogP contribution is 2.24. The number of benzene rings is 2. The molecule has 4 nitrogen and oxygen atoms in total. The van der Waals surface area contributed by atoms with Crippen LogP contribution >= 0.6 is 11.6 Å². The highest BCUT2D eigenvalue weighted by molar-refractivity contribution is 6.31. The quantitative estimate of drug-likeness (QED) is 0.408. The first kappa shape index (κ1) is 19.4. The molecule has 0 aliphatic rings. The van der Waals surface area contributed by atoms with Crippen molar-refractivity contribution in [3.05, 3.63) is 101 Å². The normalized spacial score (nSPS) is 11.1. The summed E-state index contributed by atoms with van der Waals surface area (Å²) in [5.74, 6) is 0.865. The average Bonchev–Trinajstić information content (AvgIpc) is 2.75. The number of hydrogen-bond acceptors (Lipinski definition) is 4. The Morgan fingerprint density at radius 1 is 0.828 bits per heavy atom. The number of ether oxygens (including phenoxy) is 1. The summed E-state index contributed by atoms with van der Waals surface area (Å²) >= 11 is 6.26. The molecule has 2 heterocycles. The second-order valence-corrected chi connectivity index (χ2v) is 7.42. The lowest BCUT2D eigenvalue weighted by atomic mass is 10.1.